The smallest absolute Gasteiger partial charge is 0.348 e. The lowest BCUT2D eigenvalue weighted by atomic mass is 9.98. The number of rotatable bonds is 6. The molecule has 0 amide bonds. The SMILES string of the molecule is CC(C)c1cc(-c2n[nH]c(=O)n2-c2ccc(CNS(C)(=O)=O)cc2)c(O)cc1O. The molecule has 29 heavy (non-hydrogen) atoms. The number of aromatic amines is 1. The third-order valence-electron chi connectivity index (χ3n) is 4.41. The number of H-pyrrole nitrogens is 1. The molecule has 0 aliphatic heterocycles. The summed E-state index contributed by atoms with van der Waals surface area (Å²) in [7, 11) is -3.31. The second-order valence-corrected chi connectivity index (χ2v) is 8.86. The van der Waals surface area contributed by atoms with Gasteiger partial charge in [0, 0.05) is 12.6 Å². The van der Waals surface area contributed by atoms with Crippen molar-refractivity contribution >= 4 is 10.0 Å². The number of hydrogen-bond acceptors (Lipinski definition) is 6. The van der Waals surface area contributed by atoms with E-state index < -0.39 is 15.7 Å². The fraction of sp³-hybridized carbons (Fsp3) is 0.263. The minimum absolute atomic E-state index is 0.00454. The Kier molecular flexibility index (Phi) is 5.49. The molecular formula is C19H22N4O5S. The van der Waals surface area contributed by atoms with Gasteiger partial charge in [-0.3, -0.25) is 0 Å². The van der Waals surface area contributed by atoms with E-state index in [9.17, 15) is 23.4 Å². The average molecular weight is 418 g/mol. The third kappa shape index (κ3) is 4.49. The van der Waals surface area contributed by atoms with Gasteiger partial charge in [-0.25, -0.2) is 27.6 Å². The number of phenols is 2. The summed E-state index contributed by atoms with van der Waals surface area (Å²) in [5, 5.41) is 26.8. The zero-order valence-electron chi connectivity index (χ0n) is 16.2. The van der Waals surface area contributed by atoms with Gasteiger partial charge in [-0.05, 0) is 35.2 Å². The molecule has 4 N–H and O–H groups in total. The molecule has 0 atom stereocenters. The van der Waals surface area contributed by atoms with Crippen molar-refractivity contribution in [3.05, 3.63) is 58.0 Å². The van der Waals surface area contributed by atoms with E-state index in [2.05, 4.69) is 14.9 Å². The van der Waals surface area contributed by atoms with E-state index in [4.69, 9.17) is 0 Å². The van der Waals surface area contributed by atoms with Crippen molar-refractivity contribution in [1.82, 2.24) is 19.5 Å². The van der Waals surface area contributed by atoms with E-state index in [0.29, 0.717) is 22.4 Å². The summed E-state index contributed by atoms with van der Waals surface area (Å²) < 4.78 is 26.1. The Hall–Kier alpha value is -3.11. The standard InChI is InChI=1S/C19H22N4O5S/c1-11(2)14-8-15(17(25)9-16(14)24)18-21-22-19(26)23(18)13-6-4-12(5-7-13)10-20-29(3,27)28/h4-9,11,20,24-25H,10H2,1-3H3,(H,22,26). The van der Waals surface area contributed by atoms with Crippen LogP contribution in [0.1, 0.15) is 30.9 Å². The van der Waals surface area contributed by atoms with Crippen LogP contribution in [0.15, 0.2) is 41.2 Å². The zero-order chi connectivity index (χ0) is 21.3. The molecule has 2 aromatic carbocycles. The second kappa shape index (κ2) is 7.72. The number of benzene rings is 2. The first-order valence-electron chi connectivity index (χ1n) is 8.84. The number of sulfonamides is 1. The first-order chi connectivity index (χ1) is 13.6. The van der Waals surface area contributed by atoms with Crippen molar-refractivity contribution in [1.29, 1.82) is 0 Å². The van der Waals surface area contributed by atoms with Crippen molar-refractivity contribution in [3.8, 4) is 28.6 Å². The lowest BCUT2D eigenvalue weighted by molar-refractivity contribution is 0.444. The van der Waals surface area contributed by atoms with E-state index in [1.165, 1.54) is 10.6 Å². The molecular weight excluding hydrogens is 396 g/mol. The Morgan fingerprint density at radius 3 is 2.38 bits per heavy atom. The summed E-state index contributed by atoms with van der Waals surface area (Å²) in [5.41, 5.74) is 1.61. The van der Waals surface area contributed by atoms with Crippen molar-refractivity contribution in [2.45, 2.75) is 26.3 Å². The quantitative estimate of drug-likeness (QED) is 0.482. The molecule has 0 aliphatic rings. The molecule has 0 aliphatic carbocycles. The third-order valence-corrected chi connectivity index (χ3v) is 5.08. The average Bonchev–Trinajstić information content (AvgIpc) is 3.01. The fourth-order valence-electron chi connectivity index (χ4n) is 2.93. The number of aromatic nitrogens is 3. The van der Waals surface area contributed by atoms with Gasteiger partial charge in [-0.2, -0.15) is 5.10 Å². The van der Waals surface area contributed by atoms with Crippen LogP contribution in [0.5, 0.6) is 11.5 Å². The van der Waals surface area contributed by atoms with Gasteiger partial charge in [0.05, 0.1) is 17.5 Å². The molecule has 3 rings (SSSR count). The summed E-state index contributed by atoms with van der Waals surface area (Å²) in [6.45, 7) is 3.93. The predicted molar refractivity (Wildman–Crippen MR) is 109 cm³/mol. The van der Waals surface area contributed by atoms with Crippen molar-refractivity contribution in [2.75, 3.05) is 6.26 Å². The Balaban J connectivity index is 2.03. The predicted octanol–water partition coefficient (Wildman–Crippen LogP) is 1.81. The number of phenolic OH excluding ortho intramolecular Hbond substituents is 2. The van der Waals surface area contributed by atoms with Crippen LogP contribution in [0.2, 0.25) is 0 Å². The molecule has 0 spiro atoms. The number of aromatic hydroxyl groups is 2. The highest BCUT2D eigenvalue weighted by Crippen LogP contribution is 2.37. The first kappa shape index (κ1) is 20.6. The number of hydrogen-bond donors (Lipinski definition) is 4. The normalized spacial score (nSPS) is 11.9. The van der Waals surface area contributed by atoms with Gasteiger partial charge in [-0.15, -0.1) is 0 Å². The fourth-order valence-corrected chi connectivity index (χ4v) is 3.36. The second-order valence-electron chi connectivity index (χ2n) is 7.03. The molecule has 154 valence electrons. The molecule has 10 heteroatoms. The maximum atomic E-state index is 12.4. The van der Waals surface area contributed by atoms with Crippen LogP contribution in [0.3, 0.4) is 0 Å². The molecule has 1 aromatic heterocycles. The highest BCUT2D eigenvalue weighted by atomic mass is 32.2. The minimum atomic E-state index is -3.31. The molecule has 0 bridgehead atoms. The summed E-state index contributed by atoms with van der Waals surface area (Å²) in [6, 6.07) is 9.51. The van der Waals surface area contributed by atoms with Crippen LogP contribution in [0.25, 0.3) is 17.1 Å². The van der Waals surface area contributed by atoms with E-state index in [0.717, 1.165) is 6.26 Å². The highest BCUT2D eigenvalue weighted by Gasteiger charge is 2.19. The molecule has 1 heterocycles. The van der Waals surface area contributed by atoms with Crippen LogP contribution in [-0.2, 0) is 16.6 Å². The Morgan fingerprint density at radius 2 is 1.79 bits per heavy atom. The van der Waals surface area contributed by atoms with Crippen LogP contribution in [0.4, 0.5) is 0 Å². The molecule has 0 unspecified atom stereocenters. The monoisotopic (exact) mass is 418 g/mol. The Morgan fingerprint density at radius 1 is 1.14 bits per heavy atom. The van der Waals surface area contributed by atoms with Gasteiger partial charge in [0.2, 0.25) is 10.0 Å². The molecule has 9 nitrogen and oxygen atoms in total. The van der Waals surface area contributed by atoms with E-state index in [1.807, 2.05) is 13.8 Å². The molecule has 0 fully saturated rings. The van der Waals surface area contributed by atoms with E-state index in [1.54, 1.807) is 30.3 Å². The Labute approximate surface area is 167 Å². The largest absolute Gasteiger partial charge is 0.508 e. The van der Waals surface area contributed by atoms with Crippen LogP contribution >= 0.6 is 0 Å². The lowest BCUT2D eigenvalue weighted by Crippen LogP contribution is -2.21. The minimum Gasteiger partial charge on any atom is -0.508 e. The van der Waals surface area contributed by atoms with Crippen molar-refractivity contribution in [2.24, 2.45) is 0 Å². The molecule has 0 radical (unpaired) electrons. The van der Waals surface area contributed by atoms with Gasteiger partial charge in [-0.1, -0.05) is 26.0 Å². The summed E-state index contributed by atoms with van der Waals surface area (Å²) in [6.07, 6.45) is 1.08. The zero-order valence-corrected chi connectivity index (χ0v) is 17.0. The van der Waals surface area contributed by atoms with E-state index >= 15 is 0 Å². The van der Waals surface area contributed by atoms with Crippen LogP contribution in [0, 0.1) is 0 Å². The summed E-state index contributed by atoms with van der Waals surface area (Å²) >= 11 is 0. The topological polar surface area (TPSA) is 137 Å². The summed E-state index contributed by atoms with van der Waals surface area (Å²) in [4.78, 5) is 12.4. The maximum Gasteiger partial charge on any atom is 0.348 e. The first-order valence-corrected chi connectivity index (χ1v) is 10.7. The molecule has 0 saturated carbocycles. The van der Waals surface area contributed by atoms with Crippen LogP contribution < -0.4 is 10.4 Å². The van der Waals surface area contributed by atoms with Crippen molar-refractivity contribution in [3.63, 3.8) is 0 Å². The number of nitrogens with zero attached hydrogens (tertiary/aromatic N) is 2. The Bertz CT molecular complexity index is 1190. The van der Waals surface area contributed by atoms with Crippen LogP contribution in [-0.4, -0.2) is 39.7 Å². The lowest BCUT2D eigenvalue weighted by Gasteiger charge is -2.13. The van der Waals surface area contributed by atoms with Crippen molar-refractivity contribution < 1.29 is 18.6 Å². The van der Waals surface area contributed by atoms with Gasteiger partial charge in [0.25, 0.3) is 0 Å². The van der Waals surface area contributed by atoms with Gasteiger partial charge < -0.3 is 10.2 Å². The molecule has 0 saturated heterocycles. The van der Waals surface area contributed by atoms with Gasteiger partial charge in [0.15, 0.2) is 5.82 Å². The van der Waals surface area contributed by atoms with Gasteiger partial charge in [0.1, 0.15) is 11.5 Å². The van der Waals surface area contributed by atoms with E-state index in [-0.39, 0.29) is 29.8 Å². The summed E-state index contributed by atoms with van der Waals surface area (Å²) in [5.74, 6) is -0.0546. The maximum absolute atomic E-state index is 12.4. The van der Waals surface area contributed by atoms with Gasteiger partial charge >= 0.3 is 5.69 Å². The number of nitrogens with one attached hydrogen (secondary N) is 2. The highest BCUT2D eigenvalue weighted by molar-refractivity contribution is 7.88. The molecule has 3 aromatic rings.